The van der Waals surface area contributed by atoms with Gasteiger partial charge in [-0.2, -0.15) is 0 Å². The third kappa shape index (κ3) is 5.28. The molecule has 0 nitrogen and oxygen atoms in total. The minimum atomic E-state index is -0.545. The van der Waals surface area contributed by atoms with Crippen LogP contribution in [0, 0.1) is 0 Å². The Morgan fingerprint density at radius 2 is 0.553 bits per heavy atom. The normalized spacial score (nSPS) is 14.1. The quantitative estimate of drug-likeness (QED) is 0.122. The van der Waals surface area contributed by atoms with Gasteiger partial charge in [-0.05, 0) is 177 Å². The van der Waals surface area contributed by atoms with Gasteiger partial charge in [0.25, 0.3) is 0 Å². The van der Waals surface area contributed by atoms with E-state index in [1.165, 1.54) is 165 Å². The summed E-state index contributed by atoms with van der Waals surface area (Å²) in [5, 5.41) is 15.5. The van der Waals surface area contributed by atoms with Gasteiger partial charge in [-0.1, -0.05) is 257 Å². The molecule has 0 aliphatic heterocycles. The molecule has 3 aliphatic carbocycles. The maximum absolute atomic E-state index is 2.49. The van der Waals surface area contributed by atoms with Crippen LogP contribution in [-0.2, 0) is 10.8 Å². The number of hydrogen-bond donors (Lipinski definition) is 0. The van der Waals surface area contributed by atoms with Gasteiger partial charge in [0.1, 0.15) is 0 Å². The lowest BCUT2D eigenvalue weighted by molar-refractivity contribution is 0.660. The highest BCUT2D eigenvalue weighted by Crippen LogP contribution is 2.68. The van der Waals surface area contributed by atoms with Crippen LogP contribution in [0.4, 0.5) is 0 Å². The van der Waals surface area contributed by atoms with E-state index in [1.54, 1.807) is 0 Å². The minimum absolute atomic E-state index is 0.0828. The summed E-state index contributed by atoms with van der Waals surface area (Å²) in [5.41, 5.74) is 23.2. The zero-order valence-corrected chi connectivity index (χ0v) is 42.2. The molecule has 14 aromatic carbocycles. The fraction of sp³-hybridized carbons (Fsp3) is 0.0526. The van der Waals surface area contributed by atoms with Crippen molar-refractivity contribution in [2.45, 2.75) is 24.7 Å². The lowest BCUT2D eigenvalue weighted by Crippen LogP contribution is -2.26. The van der Waals surface area contributed by atoms with Crippen molar-refractivity contribution in [3.63, 3.8) is 0 Å². The topological polar surface area (TPSA) is 0 Å². The lowest BCUT2D eigenvalue weighted by atomic mass is 9.68. The van der Waals surface area contributed by atoms with Crippen LogP contribution < -0.4 is 0 Å². The van der Waals surface area contributed by atoms with E-state index in [9.17, 15) is 0 Å². The molecule has 0 saturated heterocycles. The van der Waals surface area contributed by atoms with E-state index in [0.717, 1.165) is 0 Å². The van der Waals surface area contributed by atoms with Crippen LogP contribution in [0.1, 0.15) is 47.2 Å². The molecule has 0 radical (unpaired) electrons. The summed E-state index contributed by atoms with van der Waals surface area (Å²) in [6, 6.07) is 97.0. The Balaban J connectivity index is 0.870. The first kappa shape index (κ1) is 42.0. The molecule has 0 N–H and O–H groups in total. The second kappa shape index (κ2) is 15.1. The van der Waals surface area contributed by atoms with Crippen LogP contribution in [0.15, 0.2) is 255 Å². The Morgan fingerprint density at radius 3 is 1.09 bits per heavy atom. The van der Waals surface area contributed by atoms with Gasteiger partial charge in [-0.3, -0.25) is 0 Å². The first-order valence-electron chi connectivity index (χ1n) is 26.9. The lowest BCUT2D eigenvalue weighted by Gasteiger charge is -2.33. The van der Waals surface area contributed by atoms with Gasteiger partial charge < -0.3 is 0 Å². The van der Waals surface area contributed by atoms with E-state index in [2.05, 4.69) is 269 Å². The fourth-order valence-electron chi connectivity index (χ4n) is 15.1. The molecular weight excluding hydrogens is 913 g/mol. The van der Waals surface area contributed by atoms with Crippen molar-refractivity contribution in [1.29, 1.82) is 0 Å². The van der Waals surface area contributed by atoms with E-state index < -0.39 is 5.41 Å². The average Bonchev–Trinajstić information content (AvgIpc) is 3.56. The van der Waals surface area contributed by atoms with Crippen molar-refractivity contribution in [3.8, 4) is 66.8 Å². The van der Waals surface area contributed by atoms with Crippen molar-refractivity contribution in [1.82, 2.24) is 0 Å². The predicted octanol–water partition coefficient (Wildman–Crippen LogP) is 20.3. The highest BCUT2D eigenvalue weighted by atomic mass is 14.5. The van der Waals surface area contributed by atoms with Crippen LogP contribution in [0.2, 0.25) is 0 Å². The van der Waals surface area contributed by atoms with Gasteiger partial charge >= 0.3 is 0 Å². The summed E-state index contributed by atoms with van der Waals surface area (Å²) in [6.07, 6.45) is 0. The van der Waals surface area contributed by atoms with Crippen LogP contribution in [0.3, 0.4) is 0 Å². The summed E-state index contributed by atoms with van der Waals surface area (Å²) in [6.45, 7) is 4.75. The summed E-state index contributed by atoms with van der Waals surface area (Å²) in [4.78, 5) is 0. The van der Waals surface area contributed by atoms with Crippen molar-refractivity contribution in [3.05, 3.63) is 288 Å². The van der Waals surface area contributed by atoms with Crippen LogP contribution in [0.5, 0.6) is 0 Å². The molecule has 17 rings (SSSR count). The van der Waals surface area contributed by atoms with Gasteiger partial charge in [-0.15, -0.1) is 0 Å². The van der Waals surface area contributed by atoms with E-state index in [1.807, 2.05) is 0 Å². The Labute approximate surface area is 441 Å². The summed E-state index contributed by atoms with van der Waals surface area (Å²) in [7, 11) is 0. The Morgan fingerprint density at radius 1 is 0.211 bits per heavy atom. The largest absolute Gasteiger partial charge is 0.0738 e. The van der Waals surface area contributed by atoms with Crippen molar-refractivity contribution >= 4 is 64.6 Å². The van der Waals surface area contributed by atoms with Crippen molar-refractivity contribution in [2.24, 2.45) is 0 Å². The van der Waals surface area contributed by atoms with Crippen LogP contribution in [0.25, 0.3) is 131 Å². The summed E-state index contributed by atoms with van der Waals surface area (Å²) >= 11 is 0. The summed E-state index contributed by atoms with van der Waals surface area (Å²) < 4.78 is 0. The van der Waals surface area contributed by atoms with Crippen LogP contribution in [-0.4, -0.2) is 0 Å². The Kier molecular flexibility index (Phi) is 8.37. The van der Waals surface area contributed by atoms with Crippen molar-refractivity contribution < 1.29 is 0 Å². The molecule has 0 fully saturated rings. The Hall–Kier alpha value is -9.36. The number of benzene rings is 14. The third-order valence-corrected chi connectivity index (χ3v) is 18.2. The molecule has 0 saturated carbocycles. The molecule has 0 heterocycles. The van der Waals surface area contributed by atoms with Gasteiger partial charge in [-0.25, -0.2) is 0 Å². The molecule has 0 bridgehead atoms. The standard InChI is InChI=1S/C76H48/c1-75(2)65-32-16-13-22-52(65)55-41-40-48(44-68(55)75)70-60-29-10-8-27-58(60)69(59-28-9-11-30-61(59)70)46-37-35-45(36-38-46)47-39-42-63-64(43-47)51-21-4-7-26-57(51)72-71-56-25-6-3-19-49(56)50-20-5-12-31-62(50)73(71)76(74(63)72)66-33-17-14-23-53(66)54-24-15-18-34-67(54)76/h3-44H,1-2H3. The van der Waals surface area contributed by atoms with E-state index in [-0.39, 0.29) is 5.41 Å². The molecule has 76 heavy (non-hydrogen) atoms. The van der Waals surface area contributed by atoms with E-state index >= 15 is 0 Å². The second-order valence-corrected chi connectivity index (χ2v) is 22.1. The zero-order valence-electron chi connectivity index (χ0n) is 42.2. The average molecular weight is 961 g/mol. The zero-order chi connectivity index (χ0) is 50.0. The maximum atomic E-state index is 2.49. The molecule has 0 atom stereocenters. The molecule has 0 amide bonds. The van der Waals surface area contributed by atoms with E-state index in [0.29, 0.717) is 0 Å². The van der Waals surface area contributed by atoms with Gasteiger partial charge in [0.05, 0.1) is 5.41 Å². The smallest absolute Gasteiger partial charge is 0.0619 e. The first-order chi connectivity index (χ1) is 37.5. The first-order valence-corrected chi connectivity index (χ1v) is 26.9. The van der Waals surface area contributed by atoms with Crippen molar-refractivity contribution in [2.75, 3.05) is 0 Å². The van der Waals surface area contributed by atoms with Crippen LogP contribution >= 0.6 is 0 Å². The highest BCUT2D eigenvalue weighted by Gasteiger charge is 2.54. The summed E-state index contributed by atoms with van der Waals surface area (Å²) in [5.74, 6) is 0. The third-order valence-electron chi connectivity index (χ3n) is 18.2. The molecule has 0 unspecified atom stereocenters. The van der Waals surface area contributed by atoms with Gasteiger partial charge in [0.2, 0.25) is 0 Å². The fourth-order valence-corrected chi connectivity index (χ4v) is 15.1. The maximum Gasteiger partial charge on any atom is 0.0738 e. The molecule has 0 aromatic heterocycles. The molecular formula is C76H48. The number of hydrogen-bond acceptors (Lipinski definition) is 0. The molecule has 352 valence electrons. The molecule has 0 heteroatoms. The minimum Gasteiger partial charge on any atom is -0.0619 e. The molecule has 14 aromatic rings. The predicted molar refractivity (Wildman–Crippen MR) is 322 cm³/mol. The van der Waals surface area contributed by atoms with Gasteiger partial charge in [0, 0.05) is 5.41 Å². The number of rotatable bonds is 3. The number of fused-ring (bicyclic) bond motifs is 25. The van der Waals surface area contributed by atoms with E-state index in [4.69, 9.17) is 0 Å². The van der Waals surface area contributed by atoms with Gasteiger partial charge in [0.15, 0.2) is 0 Å². The highest BCUT2D eigenvalue weighted by molar-refractivity contribution is 6.28. The monoisotopic (exact) mass is 960 g/mol. The molecule has 1 spiro atoms. The Bertz CT molecular complexity index is 4790. The SMILES string of the molecule is CC1(C)c2ccccc2-c2ccc(-c3c4ccccc4c(-c4ccc(-c5ccc6c7c(c8ccccc8c6c5)-c5c(c6ccccc6c6ccccc56)C75c6ccccc6-c6ccccc65)cc4)c4ccccc34)cc21. The second-order valence-electron chi connectivity index (χ2n) is 22.1. The molecule has 3 aliphatic rings.